The third-order valence-corrected chi connectivity index (χ3v) is 3.56. The molecule has 0 nitrogen and oxygen atoms in total. The smallest absolute Gasteiger partial charge is 0.0244 e. The monoisotopic (exact) mass is 195 g/mol. The summed E-state index contributed by atoms with van der Waals surface area (Å²) in [5.41, 5.74) is 0. The quantitative estimate of drug-likeness (QED) is 0.534. The van der Waals surface area contributed by atoms with E-state index in [4.69, 9.17) is 0 Å². The number of rotatable bonds is 1. The summed E-state index contributed by atoms with van der Waals surface area (Å²) < 4.78 is 0. The van der Waals surface area contributed by atoms with E-state index in [0.717, 1.165) is 0 Å². The van der Waals surface area contributed by atoms with Crippen LogP contribution >= 0.6 is 0 Å². The SMILES string of the molecule is CC[C]1CCCCCCCCCCC1. The molecular weight excluding hydrogens is 168 g/mol. The van der Waals surface area contributed by atoms with Crippen molar-refractivity contribution >= 4 is 0 Å². The Morgan fingerprint density at radius 3 is 1.36 bits per heavy atom. The van der Waals surface area contributed by atoms with Gasteiger partial charge in [0.05, 0.1) is 0 Å². The van der Waals surface area contributed by atoms with Gasteiger partial charge < -0.3 is 0 Å². The first-order valence-corrected chi connectivity index (χ1v) is 6.77. The molecule has 14 heavy (non-hydrogen) atoms. The van der Waals surface area contributed by atoms with Gasteiger partial charge in [-0.05, 0) is 25.2 Å². The van der Waals surface area contributed by atoms with E-state index < -0.39 is 0 Å². The van der Waals surface area contributed by atoms with Crippen LogP contribution < -0.4 is 0 Å². The second-order valence-electron chi connectivity index (χ2n) is 4.79. The highest BCUT2D eigenvalue weighted by Crippen LogP contribution is 2.24. The maximum absolute atomic E-state index is 2.33. The zero-order chi connectivity index (χ0) is 10.1. The van der Waals surface area contributed by atoms with Crippen molar-refractivity contribution in [2.45, 2.75) is 84.0 Å². The predicted octanol–water partition coefficient (Wildman–Crippen LogP) is 5.28. The Bertz CT molecular complexity index is 105. The van der Waals surface area contributed by atoms with Gasteiger partial charge in [-0.3, -0.25) is 0 Å². The van der Waals surface area contributed by atoms with Crippen LogP contribution in [0.3, 0.4) is 0 Å². The Morgan fingerprint density at radius 1 is 0.643 bits per heavy atom. The first-order chi connectivity index (χ1) is 6.93. The Labute approximate surface area is 90.5 Å². The van der Waals surface area contributed by atoms with E-state index in [1.54, 1.807) is 0 Å². The fourth-order valence-electron chi connectivity index (χ4n) is 2.47. The van der Waals surface area contributed by atoms with Gasteiger partial charge in [-0.15, -0.1) is 0 Å². The second kappa shape index (κ2) is 8.32. The minimum absolute atomic E-state index is 1.33. The molecule has 0 unspecified atom stereocenters. The van der Waals surface area contributed by atoms with Gasteiger partial charge >= 0.3 is 0 Å². The molecular formula is C14H27. The molecule has 0 aliphatic heterocycles. The van der Waals surface area contributed by atoms with Crippen LogP contribution in [0.25, 0.3) is 0 Å². The van der Waals surface area contributed by atoms with E-state index in [-0.39, 0.29) is 0 Å². The predicted molar refractivity (Wildman–Crippen MR) is 64.3 cm³/mol. The molecule has 1 saturated carbocycles. The molecule has 0 heterocycles. The standard InChI is InChI=1S/C14H27/c1-2-14-12-10-8-6-4-3-5-7-9-11-13-14/h2-13H2,1H3. The first-order valence-electron chi connectivity index (χ1n) is 6.77. The Hall–Kier alpha value is 0. The molecule has 0 amide bonds. The van der Waals surface area contributed by atoms with Crippen molar-refractivity contribution in [3.05, 3.63) is 5.92 Å². The van der Waals surface area contributed by atoms with Crippen molar-refractivity contribution in [1.29, 1.82) is 0 Å². The fraction of sp³-hybridized carbons (Fsp3) is 0.929. The highest BCUT2D eigenvalue weighted by Gasteiger charge is 2.07. The van der Waals surface area contributed by atoms with E-state index >= 15 is 0 Å². The van der Waals surface area contributed by atoms with E-state index in [0.29, 0.717) is 0 Å². The Morgan fingerprint density at radius 2 is 1.00 bits per heavy atom. The minimum atomic E-state index is 1.33. The minimum Gasteiger partial charge on any atom is -0.0648 e. The molecule has 0 heteroatoms. The van der Waals surface area contributed by atoms with Gasteiger partial charge in [0.2, 0.25) is 0 Å². The van der Waals surface area contributed by atoms with Crippen molar-refractivity contribution in [3.63, 3.8) is 0 Å². The maximum atomic E-state index is 2.33. The molecule has 0 spiro atoms. The van der Waals surface area contributed by atoms with Gasteiger partial charge in [-0.25, -0.2) is 0 Å². The second-order valence-corrected chi connectivity index (χ2v) is 4.79. The molecule has 0 aromatic heterocycles. The van der Waals surface area contributed by atoms with Crippen LogP contribution in [-0.2, 0) is 0 Å². The van der Waals surface area contributed by atoms with Crippen LogP contribution in [0.2, 0.25) is 0 Å². The largest absolute Gasteiger partial charge is 0.0648 e. The molecule has 1 radical (unpaired) electrons. The van der Waals surface area contributed by atoms with Crippen LogP contribution in [0.5, 0.6) is 0 Å². The summed E-state index contributed by atoms with van der Waals surface area (Å²) in [4.78, 5) is 0. The van der Waals surface area contributed by atoms with Gasteiger partial charge in [0, 0.05) is 0 Å². The van der Waals surface area contributed by atoms with Crippen molar-refractivity contribution in [2.24, 2.45) is 0 Å². The average Bonchev–Trinajstić information content (AvgIpc) is 2.19. The van der Waals surface area contributed by atoms with Crippen LogP contribution in [0.1, 0.15) is 84.0 Å². The van der Waals surface area contributed by atoms with E-state index in [1.807, 2.05) is 5.92 Å². The average molecular weight is 195 g/mol. The molecule has 0 saturated heterocycles. The van der Waals surface area contributed by atoms with Gasteiger partial charge in [-0.2, -0.15) is 0 Å². The zero-order valence-electron chi connectivity index (χ0n) is 9.99. The molecule has 1 rings (SSSR count). The van der Waals surface area contributed by atoms with E-state index in [9.17, 15) is 0 Å². The van der Waals surface area contributed by atoms with Crippen molar-refractivity contribution < 1.29 is 0 Å². The summed E-state index contributed by atoms with van der Waals surface area (Å²) in [6.45, 7) is 2.33. The van der Waals surface area contributed by atoms with Crippen LogP contribution in [0.15, 0.2) is 0 Å². The molecule has 0 N–H and O–H groups in total. The molecule has 1 aliphatic carbocycles. The number of hydrogen-bond donors (Lipinski definition) is 0. The Balaban J connectivity index is 2.17. The highest BCUT2D eigenvalue weighted by molar-refractivity contribution is 4.87. The molecule has 1 fully saturated rings. The molecule has 0 aromatic carbocycles. The fourth-order valence-corrected chi connectivity index (χ4v) is 2.47. The van der Waals surface area contributed by atoms with Crippen LogP contribution in [-0.4, -0.2) is 0 Å². The molecule has 1 aliphatic rings. The topological polar surface area (TPSA) is 0 Å². The summed E-state index contributed by atoms with van der Waals surface area (Å²) in [5.74, 6) is 1.84. The van der Waals surface area contributed by atoms with Gasteiger partial charge in [0.15, 0.2) is 0 Å². The summed E-state index contributed by atoms with van der Waals surface area (Å²) in [7, 11) is 0. The lowest BCUT2D eigenvalue weighted by Crippen LogP contribution is -1.97. The normalized spacial score (nSPS) is 23.8. The van der Waals surface area contributed by atoms with Crippen molar-refractivity contribution in [2.75, 3.05) is 0 Å². The van der Waals surface area contributed by atoms with Crippen LogP contribution in [0, 0.1) is 5.92 Å². The Kier molecular flexibility index (Phi) is 7.17. The van der Waals surface area contributed by atoms with Gasteiger partial charge in [0.1, 0.15) is 0 Å². The third kappa shape index (κ3) is 5.67. The number of hydrogen-bond acceptors (Lipinski definition) is 0. The van der Waals surface area contributed by atoms with Gasteiger partial charge in [0.25, 0.3) is 0 Å². The lowest BCUT2D eigenvalue weighted by Gasteiger charge is -2.14. The lowest BCUT2D eigenvalue weighted by atomic mass is 9.91. The summed E-state index contributed by atoms with van der Waals surface area (Å²) in [6.07, 6.45) is 17.5. The van der Waals surface area contributed by atoms with E-state index in [1.165, 1.54) is 77.0 Å². The summed E-state index contributed by atoms with van der Waals surface area (Å²) in [6, 6.07) is 0. The van der Waals surface area contributed by atoms with Crippen molar-refractivity contribution in [1.82, 2.24) is 0 Å². The molecule has 0 aromatic rings. The van der Waals surface area contributed by atoms with Crippen molar-refractivity contribution in [3.8, 4) is 0 Å². The molecule has 0 bridgehead atoms. The maximum Gasteiger partial charge on any atom is -0.0244 e. The lowest BCUT2D eigenvalue weighted by molar-refractivity contribution is 0.510. The summed E-state index contributed by atoms with van der Waals surface area (Å²) in [5, 5.41) is 0. The molecule has 83 valence electrons. The third-order valence-electron chi connectivity index (χ3n) is 3.56. The summed E-state index contributed by atoms with van der Waals surface area (Å²) >= 11 is 0. The molecule has 0 atom stereocenters. The van der Waals surface area contributed by atoms with Gasteiger partial charge in [-0.1, -0.05) is 64.7 Å². The van der Waals surface area contributed by atoms with Crippen LogP contribution in [0.4, 0.5) is 0 Å². The highest BCUT2D eigenvalue weighted by atomic mass is 14.1. The van der Waals surface area contributed by atoms with E-state index in [2.05, 4.69) is 6.92 Å². The zero-order valence-corrected chi connectivity index (χ0v) is 9.99. The first kappa shape index (κ1) is 12.1.